The number of hydrogen-bond donors (Lipinski definition) is 2. The van der Waals surface area contributed by atoms with Crippen molar-refractivity contribution >= 4 is 35.2 Å². The van der Waals surface area contributed by atoms with E-state index in [1.165, 1.54) is 19.3 Å². The monoisotopic (exact) mass is 410 g/mol. The Morgan fingerprint density at radius 1 is 1.11 bits per heavy atom. The van der Waals surface area contributed by atoms with Gasteiger partial charge in [-0.15, -0.1) is 0 Å². The van der Waals surface area contributed by atoms with Crippen molar-refractivity contribution in [2.24, 2.45) is 5.92 Å². The molecule has 2 atom stereocenters. The molecule has 1 aliphatic carbocycles. The van der Waals surface area contributed by atoms with Gasteiger partial charge in [-0.2, -0.15) is 0 Å². The van der Waals surface area contributed by atoms with Gasteiger partial charge in [0.05, 0.1) is 6.04 Å². The molecule has 146 valence electrons. The summed E-state index contributed by atoms with van der Waals surface area (Å²) in [6.07, 6.45) is 7.36. The zero-order valence-electron chi connectivity index (χ0n) is 15.1. The molecule has 3 rings (SSSR count). The maximum absolute atomic E-state index is 13.0. The number of carbonyl (C=O) groups is 2. The van der Waals surface area contributed by atoms with Crippen molar-refractivity contribution in [3.05, 3.63) is 46.1 Å². The summed E-state index contributed by atoms with van der Waals surface area (Å²) >= 11 is 12.3. The Kier molecular flexibility index (Phi) is 6.66. The third-order valence-corrected chi connectivity index (χ3v) is 5.72. The molecule has 1 saturated heterocycles. The van der Waals surface area contributed by atoms with Gasteiger partial charge in [0.1, 0.15) is 12.0 Å². The molecule has 2 fully saturated rings. The minimum absolute atomic E-state index is 0.0930. The first-order valence-corrected chi connectivity index (χ1v) is 10.1. The maximum Gasteiger partial charge on any atom is 0.319 e. The number of esters is 1. The minimum Gasteiger partial charge on any atom is -0.462 e. The van der Waals surface area contributed by atoms with Crippen LogP contribution < -0.4 is 10.6 Å². The highest BCUT2D eigenvalue weighted by molar-refractivity contribution is 6.35. The van der Waals surface area contributed by atoms with Crippen molar-refractivity contribution in [2.45, 2.75) is 57.1 Å². The van der Waals surface area contributed by atoms with E-state index >= 15 is 0 Å². The van der Waals surface area contributed by atoms with E-state index in [4.69, 9.17) is 27.9 Å². The van der Waals surface area contributed by atoms with E-state index in [0.29, 0.717) is 21.3 Å². The molecule has 1 aromatic rings. The van der Waals surface area contributed by atoms with E-state index in [-0.39, 0.29) is 6.10 Å². The highest BCUT2D eigenvalue weighted by atomic mass is 35.5. The Hall–Kier alpha value is -1.72. The van der Waals surface area contributed by atoms with Gasteiger partial charge in [0.25, 0.3) is 0 Å². The second kappa shape index (κ2) is 8.98. The number of ether oxygens (including phenoxy) is 1. The molecule has 1 heterocycles. The summed E-state index contributed by atoms with van der Waals surface area (Å²) in [6.45, 7) is 3.87. The fourth-order valence-corrected chi connectivity index (χ4v) is 4.27. The minimum atomic E-state index is -0.758. The topological polar surface area (TPSA) is 67.4 Å². The number of rotatable bonds is 3. The summed E-state index contributed by atoms with van der Waals surface area (Å²) in [5.74, 6) is -1.15. The van der Waals surface area contributed by atoms with Crippen molar-refractivity contribution < 1.29 is 14.3 Å². The van der Waals surface area contributed by atoms with Crippen molar-refractivity contribution in [1.82, 2.24) is 10.6 Å². The van der Waals surface area contributed by atoms with Crippen molar-refractivity contribution in [1.29, 1.82) is 0 Å². The van der Waals surface area contributed by atoms with E-state index in [2.05, 4.69) is 17.2 Å². The van der Waals surface area contributed by atoms with Crippen LogP contribution in [0.4, 0.5) is 4.79 Å². The number of nitrogens with one attached hydrogen (secondary N) is 2. The van der Waals surface area contributed by atoms with E-state index in [1.54, 1.807) is 18.2 Å². The molecule has 5 nitrogen and oxygen atoms in total. The zero-order chi connectivity index (χ0) is 19.4. The van der Waals surface area contributed by atoms with E-state index < -0.39 is 24.0 Å². The van der Waals surface area contributed by atoms with Gasteiger partial charge in [0, 0.05) is 15.7 Å². The molecule has 0 aromatic heterocycles. The van der Waals surface area contributed by atoms with E-state index in [0.717, 1.165) is 25.7 Å². The van der Waals surface area contributed by atoms with Crippen LogP contribution in [-0.4, -0.2) is 18.1 Å². The summed E-state index contributed by atoms with van der Waals surface area (Å²) in [5.41, 5.74) is 0.919. The number of urea groups is 1. The Bertz CT molecular complexity index is 730. The van der Waals surface area contributed by atoms with Gasteiger partial charge in [-0.1, -0.05) is 55.1 Å². The average Bonchev–Trinajstić information content (AvgIpc) is 2.56. The molecule has 1 saturated carbocycles. The first-order valence-electron chi connectivity index (χ1n) is 9.37. The molecule has 0 spiro atoms. The highest BCUT2D eigenvalue weighted by Crippen LogP contribution is 2.36. The zero-order valence-corrected chi connectivity index (χ0v) is 16.6. The van der Waals surface area contributed by atoms with E-state index in [1.807, 2.05) is 0 Å². The van der Waals surface area contributed by atoms with Crippen LogP contribution in [0.1, 0.15) is 56.6 Å². The summed E-state index contributed by atoms with van der Waals surface area (Å²) in [4.78, 5) is 25.0. The molecule has 1 aromatic carbocycles. The van der Waals surface area contributed by atoms with Crippen molar-refractivity contribution in [2.75, 3.05) is 0 Å². The standard InChI is InChI=1S/C20H24Cl2N2O3/c1-12-17(19(25)27-14-7-5-3-2-4-6-8-14)18(24-20(26)23-12)15-10-9-13(21)11-16(15)22/h9-11,14,17-18H,1-8H2,(H2,23,24,26). The number of benzene rings is 1. The van der Waals surface area contributed by atoms with Gasteiger partial charge < -0.3 is 15.4 Å². The number of halogens is 2. The van der Waals surface area contributed by atoms with Gasteiger partial charge in [0.2, 0.25) is 0 Å². The van der Waals surface area contributed by atoms with Crippen LogP contribution in [0.2, 0.25) is 10.0 Å². The van der Waals surface area contributed by atoms with Gasteiger partial charge >= 0.3 is 12.0 Å². The average molecular weight is 411 g/mol. The number of amides is 2. The first-order chi connectivity index (χ1) is 13.0. The van der Waals surface area contributed by atoms with Crippen LogP contribution >= 0.6 is 23.2 Å². The third kappa shape index (κ3) is 4.96. The highest BCUT2D eigenvalue weighted by Gasteiger charge is 2.40. The normalized spacial score (nSPS) is 24.4. The number of hydrogen-bond acceptors (Lipinski definition) is 3. The smallest absolute Gasteiger partial charge is 0.319 e. The second-order valence-corrected chi connectivity index (χ2v) is 7.99. The number of carbonyl (C=O) groups excluding carboxylic acids is 2. The first kappa shape index (κ1) is 20.0. The Morgan fingerprint density at radius 2 is 1.78 bits per heavy atom. The predicted octanol–water partition coefficient (Wildman–Crippen LogP) is 5.13. The summed E-state index contributed by atoms with van der Waals surface area (Å²) < 4.78 is 5.83. The summed E-state index contributed by atoms with van der Waals surface area (Å²) in [7, 11) is 0. The molecule has 2 N–H and O–H groups in total. The Balaban J connectivity index is 1.81. The van der Waals surface area contributed by atoms with Crippen LogP contribution in [0.5, 0.6) is 0 Å². The van der Waals surface area contributed by atoms with Gasteiger partial charge in [-0.3, -0.25) is 4.79 Å². The molecule has 0 bridgehead atoms. The van der Waals surface area contributed by atoms with Gasteiger partial charge in [0.15, 0.2) is 0 Å². The molecule has 27 heavy (non-hydrogen) atoms. The fourth-order valence-electron chi connectivity index (χ4n) is 3.75. The Labute approximate surface area is 169 Å². The molecule has 0 radical (unpaired) electrons. The third-order valence-electron chi connectivity index (χ3n) is 5.16. The molecule has 1 aliphatic heterocycles. The van der Waals surface area contributed by atoms with Gasteiger partial charge in [-0.25, -0.2) is 4.79 Å². The largest absolute Gasteiger partial charge is 0.462 e. The summed E-state index contributed by atoms with van der Waals surface area (Å²) in [5, 5.41) is 6.22. The lowest BCUT2D eigenvalue weighted by Gasteiger charge is -2.34. The van der Waals surface area contributed by atoms with Gasteiger partial charge in [-0.05, 0) is 43.4 Å². The predicted molar refractivity (Wildman–Crippen MR) is 106 cm³/mol. The SMILES string of the molecule is C=C1NC(=O)NC(c2ccc(Cl)cc2Cl)C1C(=O)OC1CCCCCCC1. The second-order valence-electron chi connectivity index (χ2n) is 7.15. The lowest BCUT2D eigenvalue weighted by atomic mass is 9.88. The van der Waals surface area contributed by atoms with Crippen LogP contribution in [0.15, 0.2) is 30.5 Å². The van der Waals surface area contributed by atoms with Crippen molar-refractivity contribution in [3.63, 3.8) is 0 Å². The molecule has 7 heteroatoms. The van der Waals surface area contributed by atoms with Crippen LogP contribution in [0, 0.1) is 5.92 Å². The molecule has 2 aliphatic rings. The maximum atomic E-state index is 13.0. The van der Waals surface area contributed by atoms with E-state index in [9.17, 15) is 9.59 Å². The van der Waals surface area contributed by atoms with Crippen LogP contribution in [0.25, 0.3) is 0 Å². The molecular weight excluding hydrogens is 387 g/mol. The van der Waals surface area contributed by atoms with Crippen molar-refractivity contribution in [3.8, 4) is 0 Å². The molecule has 2 amide bonds. The molecule has 2 unspecified atom stereocenters. The van der Waals surface area contributed by atoms with Crippen LogP contribution in [-0.2, 0) is 9.53 Å². The Morgan fingerprint density at radius 3 is 2.44 bits per heavy atom. The van der Waals surface area contributed by atoms with Crippen LogP contribution in [0.3, 0.4) is 0 Å². The summed E-state index contributed by atoms with van der Waals surface area (Å²) in [6, 6.07) is 3.90. The lowest BCUT2D eigenvalue weighted by Crippen LogP contribution is -2.51. The quantitative estimate of drug-likeness (QED) is 0.678. The lowest BCUT2D eigenvalue weighted by molar-refractivity contribution is -0.155. The fraction of sp³-hybridized carbons (Fsp3) is 0.500. The molecular formula is C20H24Cl2N2O3.